The van der Waals surface area contributed by atoms with Gasteiger partial charge in [-0.15, -0.1) is 0 Å². The first-order chi connectivity index (χ1) is 11.8. The van der Waals surface area contributed by atoms with E-state index in [9.17, 15) is 18.4 Å². The van der Waals surface area contributed by atoms with Crippen LogP contribution < -0.4 is 10.6 Å². The van der Waals surface area contributed by atoms with Crippen molar-refractivity contribution in [2.24, 2.45) is 5.41 Å². The van der Waals surface area contributed by atoms with Crippen LogP contribution in [0.2, 0.25) is 0 Å². The Morgan fingerprint density at radius 3 is 1.56 bits per heavy atom. The average molecular weight is 348 g/mol. The van der Waals surface area contributed by atoms with Gasteiger partial charge in [0.25, 0.3) is 0 Å². The number of hydrogen-bond donors (Lipinski definition) is 4. The summed E-state index contributed by atoms with van der Waals surface area (Å²) in [5.74, 6) is -4.13. The topological polar surface area (TPSA) is 98.7 Å². The molecule has 0 radical (unpaired) electrons. The van der Waals surface area contributed by atoms with Gasteiger partial charge in [0.1, 0.15) is 5.41 Å². The maximum Gasteiger partial charge on any atom is 0.240 e. The minimum atomic E-state index is -1.32. The molecule has 0 saturated heterocycles. The predicted octanol–water partition coefficient (Wildman–Crippen LogP) is 2.73. The molecule has 0 aromatic heterocycles. The first kappa shape index (κ1) is 16.7. The number of phenols is 2. The van der Waals surface area contributed by atoms with Gasteiger partial charge in [-0.25, -0.2) is 8.78 Å². The molecule has 0 atom stereocenters. The molecule has 1 saturated carbocycles. The highest BCUT2D eigenvalue weighted by molar-refractivity contribution is 6.16. The molecule has 2 aromatic rings. The van der Waals surface area contributed by atoms with Crippen molar-refractivity contribution in [2.45, 2.75) is 12.8 Å². The quantitative estimate of drug-likeness (QED) is 0.504. The maximum absolute atomic E-state index is 13.3. The lowest BCUT2D eigenvalue weighted by molar-refractivity contribution is -0.131. The number of nitrogens with one attached hydrogen (secondary N) is 2. The van der Waals surface area contributed by atoms with Gasteiger partial charge in [0.05, 0.1) is 0 Å². The van der Waals surface area contributed by atoms with E-state index in [1.165, 1.54) is 12.1 Å². The summed E-state index contributed by atoms with van der Waals surface area (Å²) in [5.41, 5.74) is -1.10. The number of benzene rings is 2. The van der Waals surface area contributed by atoms with Gasteiger partial charge in [0.15, 0.2) is 23.1 Å². The van der Waals surface area contributed by atoms with Crippen molar-refractivity contribution < 1.29 is 28.6 Å². The van der Waals surface area contributed by atoms with E-state index in [0.717, 1.165) is 24.3 Å². The number of carbonyl (C=O) groups is 2. The summed E-state index contributed by atoms with van der Waals surface area (Å²) < 4.78 is 26.6. The molecule has 0 unspecified atom stereocenters. The van der Waals surface area contributed by atoms with Gasteiger partial charge < -0.3 is 20.8 Å². The molecule has 0 bridgehead atoms. The highest BCUT2D eigenvalue weighted by atomic mass is 19.1. The molecular formula is C17H14F2N2O4. The molecule has 130 valence electrons. The summed E-state index contributed by atoms with van der Waals surface area (Å²) in [6.45, 7) is 0. The second-order valence-corrected chi connectivity index (χ2v) is 5.82. The molecule has 1 aliphatic carbocycles. The fraction of sp³-hybridized carbons (Fsp3) is 0.176. The minimum Gasteiger partial charge on any atom is -0.505 e. The van der Waals surface area contributed by atoms with Crippen LogP contribution >= 0.6 is 0 Å². The fourth-order valence-electron chi connectivity index (χ4n) is 2.35. The van der Waals surface area contributed by atoms with E-state index in [1.807, 2.05) is 0 Å². The average Bonchev–Trinajstić information content (AvgIpc) is 3.36. The molecule has 25 heavy (non-hydrogen) atoms. The number of rotatable bonds is 4. The van der Waals surface area contributed by atoms with Crippen molar-refractivity contribution >= 4 is 23.2 Å². The van der Waals surface area contributed by atoms with Crippen LogP contribution in [0.4, 0.5) is 20.2 Å². The standard InChI is InChI=1S/C17H14F2N2O4/c18-11-7-9(1-3-13(11)22)20-15(24)17(5-6-17)16(25)21-10-2-4-14(23)12(19)8-10/h1-4,7-8,22-23H,5-6H2,(H,20,24)(H,21,25). The van der Waals surface area contributed by atoms with Crippen LogP contribution in [0.1, 0.15) is 12.8 Å². The molecule has 6 nitrogen and oxygen atoms in total. The van der Waals surface area contributed by atoms with E-state index < -0.39 is 40.4 Å². The van der Waals surface area contributed by atoms with Gasteiger partial charge in [-0.1, -0.05) is 0 Å². The second kappa shape index (κ2) is 6.04. The molecule has 8 heteroatoms. The van der Waals surface area contributed by atoms with Crippen LogP contribution in [-0.4, -0.2) is 22.0 Å². The Balaban J connectivity index is 1.72. The van der Waals surface area contributed by atoms with E-state index in [-0.39, 0.29) is 11.4 Å². The number of phenolic OH excluding ortho intramolecular Hbond substituents is 2. The van der Waals surface area contributed by atoms with Crippen molar-refractivity contribution in [3.63, 3.8) is 0 Å². The van der Waals surface area contributed by atoms with Crippen LogP contribution in [-0.2, 0) is 9.59 Å². The number of anilines is 2. The molecule has 0 spiro atoms. The summed E-state index contributed by atoms with van der Waals surface area (Å²) >= 11 is 0. The van der Waals surface area contributed by atoms with Gasteiger partial charge in [0, 0.05) is 23.5 Å². The molecule has 3 rings (SSSR count). The van der Waals surface area contributed by atoms with Crippen LogP contribution in [0.3, 0.4) is 0 Å². The van der Waals surface area contributed by atoms with E-state index in [1.54, 1.807) is 0 Å². The molecule has 0 heterocycles. The highest BCUT2D eigenvalue weighted by Gasteiger charge is 2.56. The predicted molar refractivity (Wildman–Crippen MR) is 85.1 cm³/mol. The molecule has 4 N–H and O–H groups in total. The third-order valence-corrected chi connectivity index (χ3v) is 4.03. The zero-order valence-corrected chi connectivity index (χ0v) is 12.8. The number of carbonyl (C=O) groups excluding carboxylic acids is 2. The third kappa shape index (κ3) is 3.23. The van der Waals surface area contributed by atoms with Crippen molar-refractivity contribution in [3.8, 4) is 11.5 Å². The Hall–Kier alpha value is -3.16. The molecule has 2 aromatic carbocycles. The maximum atomic E-state index is 13.3. The molecule has 0 aliphatic heterocycles. The lowest BCUT2D eigenvalue weighted by Gasteiger charge is -2.16. The zero-order valence-electron chi connectivity index (χ0n) is 12.8. The lowest BCUT2D eigenvalue weighted by atomic mass is 10.0. The number of halogens is 2. The highest BCUT2D eigenvalue weighted by Crippen LogP contribution is 2.47. The molecule has 1 aliphatic rings. The summed E-state index contributed by atoms with van der Waals surface area (Å²) in [5, 5.41) is 23.2. The van der Waals surface area contributed by atoms with Gasteiger partial charge in [-0.05, 0) is 37.1 Å². The van der Waals surface area contributed by atoms with Gasteiger partial charge >= 0.3 is 0 Å². The molecular weight excluding hydrogens is 334 g/mol. The third-order valence-electron chi connectivity index (χ3n) is 4.03. The SMILES string of the molecule is O=C(Nc1ccc(O)c(F)c1)C1(C(=O)Nc2ccc(O)c(F)c2)CC1. The Morgan fingerprint density at radius 1 is 0.840 bits per heavy atom. The Bertz CT molecular complexity index is 798. The van der Waals surface area contributed by atoms with Crippen molar-refractivity contribution in [3.05, 3.63) is 48.0 Å². The normalized spacial score (nSPS) is 14.6. The minimum absolute atomic E-state index is 0.107. The van der Waals surface area contributed by atoms with E-state index >= 15 is 0 Å². The molecule has 1 fully saturated rings. The van der Waals surface area contributed by atoms with Crippen LogP contribution in [0.25, 0.3) is 0 Å². The second-order valence-electron chi connectivity index (χ2n) is 5.82. The van der Waals surface area contributed by atoms with Crippen molar-refractivity contribution in [1.82, 2.24) is 0 Å². The van der Waals surface area contributed by atoms with Crippen molar-refractivity contribution in [2.75, 3.05) is 10.6 Å². The Labute approximate surface area is 141 Å². The zero-order chi connectivity index (χ0) is 18.2. The fourth-order valence-corrected chi connectivity index (χ4v) is 2.35. The van der Waals surface area contributed by atoms with Crippen LogP contribution in [0.15, 0.2) is 36.4 Å². The molecule has 2 amide bonds. The smallest absolute Gasteiger partial charge is 0.240 e. The Kier molecular flexibility index (Phi) is 4.03. The van der Waals surface area contributed by atoms with E-state index in [4.69, 9.17) is 10.2 Å². The number of aromatic hydroxyl groups is 2. The van der Waals surface area contributed by atoms with Gasteiger partial charge in [-0.3, -0.25) is 9.59 Å². The van der Waals surface area contributed by atoms with Gasteiger partial charge in [-0.2, -0.15) is 0 Å². The summed E-state index contributed by atoms with van der Waals surface area (Å²) in [6.07, 6.45) is 0.595. The van der Waals surface area contributed by atoms with Crippen LogP contribution in [0.5, 0.6) is 11.5 Å². The van der Waals surface area contributed by atoms with Crippen LogP contribution in [0, 0.1) is 17.0 Å². The summed E-state index contributed by atoms with van der Waals surface area (Å²) in [6, 6.07) is 6.67. The first-order valence-electron chi connectivity index (χ1n) is 7.42. The van der Waals surface area contributed by atoms with E-state index in [2.05, 4.69) is 10.6 Å². The monoisotopic (exact) mass is 348 g/mol. The van der Waals surface area contributed by atoms with Crippen molar-refractivity contribution in [1.29, 1.82) is 0 Å². The lowest BCUT2D eigenvalue weighted by Crippen LogP contribution is -2.35. The Morgan fingerprint density at radius 2 is 1.24 bits per heavy atom. The summed E-state index contributed by atoms with van der Waals surface area (Å²) in [4.78, 5) is 24.7. The summed E-state index contributed by atoms with van der Waals surface area (Å²) in [7, 11) is 0. The first-order valence-corrected chi connectivity index (χ1v) is 7.42. The number of hydrogen-bond acceptors (Lipinski definition) is 4. The van der Waals surface area contributed by atoms with Gasteiger partial charge in [0.2, 0.25) is 11.8 Å². The number of amides is 2. The van der Waals surface area contributed by atoms with E-state index in [0.29, 0.717) is 12.8 Å². The largest absolute Gasteiger partial charge is 0.505 e.